The minimum atomic E-state index is -0.271. The Labute approximate surface area is 350 Å². The summed E-state index contributed by atoms with van der Waals surface area (Å²) >= 11 is 0. The van der Waals surface area contributed by atoms with Crippen LogP contribution in [0.3, 0.4) is 0 Å². The third-order valence-electron chi connectivity index (χ3n) is 13.0. The Bertz CT molecular complexity index is 2510. The number of hydrogen-bond acceptors (Lipinski definition) is 2. The first-order valence-corrected chi connectivity index (χ1v) is 21.4. The van der Waals surface area contributed by atoms with E-state index < -0.39 is 0 Å². The summed E-state index contributed by atoms with van der Waals surface area (Å²) in [6.45, 7) is 32.7. The third kappa shape index (κ3) is 6.79. The van der Waals surface area contributed by atoms with Crippen LogP contribution in [0.2, 0.25) is 0 Å². The van der Waals surface area contributed by atoms with Crippen LogP contribution >= 0.6 is 0 Å². The van der Waals surface area contributed by atoms with Crippen molar-refractivity contribution in [3.8, 4) is 0 Å². The molecule has 0 spiro atoms. The third-order valence-corrected chi connectivity index (χ3v) is 13.0. The molecule has 58 heavy (non-hydrogen) atoms. The van der Waals surface area contributed by atoms with Crippen LogP contribution in [0, 0.1) is 0 Å². The van der Waals surface area contributed by atoms with Crippen LogP contribution in [-0.2, 0) is 27.1 Å². The van der Waals surface area contributed by atoms with Crippen molar-refractivity contribution in [3.05, 3.63) is 161 Å². The first-order valence-electron chi connectivity index (χ1n) is 21.4. The molecule has 2 aliphatic rings. The molecule has 6 aromatic rings. The highest BCUT2D eigenvalue weighted by Crippen LogP contribution is 2.48. The molecule has 6 aromatic carbocycles. The highest BCUT2D eigenvalue weighted by molar-refractivity contribution is 7.00. The lowest BCUT2D eigenvalue weighted by molar-refractivity contribution is 0.589. The first kappa shape index (κ1) is 39.8. The summed E-state index contributed by atoms with van der Waals surface area (Å²) < 4.78 is 0. The van der Waals surface area contributed by atoms with Gasteiger partial charge in [-0.25, -0.2) is 0 Å². The molecule has 0 saturated carbocycles. The van der Waals surface area contributed by atoms with Gasteiger partial charge in [0, 0.05) is 39.5 Å². The monoisotopic (exact) mass is 763 g/mol. The van der Waals surface area contributed by atoms with Gasteiger partial charge >= 0.3 is 0 Å². The van der Waals surface area contributed by atoms with Gasteiger partial charge in [0.2, 0.25) is 0 Å². The van der Waals surface area contributed by atoms with Gasteiger partial charge in [0.15, 0.2) is 0 Å². The first-order chi connectivity index (χ1) is 27.0. The molecule has 0 unspecified atom stereocenters. The molecule has 2 nitrogen and oxygen atoms in total. The van der Waals surface area contributed by atoms with Crippen molar-refractivity contribution in [1.29, 1.82) is 0 Å². The molecule has 0 N–H and O–H groups in total. The lowest BCUT2D eigenvalue weighted by Gasteiger charge is -2.46. The largest absolute Gasteiger partial charge is 0.311 e. The van der Waals surface area contributed by atoms with E-state index in [1.165, 1.54) is 83.9 Å². The van der Waals surface area contributed by atoms with E-state index in [4.69, 9.17) is 0 Å². The molecule has 0 fully saturated rings. The second-order valence-electron chi connectivity index (χ2n) is 21.7. The van der Waals surface area contributed by atoms with Crippen molar-refractivity contribution in [3.63, 3.8) is 0 Å². The molecule has 0 amide bonds. The summed E-state index contributed by atoms with van der Waals surface area (Å²) in [6, 6.07) is 49.5. The fourth-order valence-electron chi connectivity index (χ4n) is 9.09. The second kappa shape index (κ2) is 13.5. The Morgan fingerprint density at radius 3 is 1.40 bits per heavy atom. The quantitative estimate of drug-likeness (QED) is 0.165. The maximum Gasteiger partial charge on any atom is 0.252 e. The average Bonchev–Trinajstić information content (AvgIpc) is 3.16. The van der Waals surface area contributed by atoms with E-state index in [2.05, 4.69) is 234 Å². The van der Waals surface area contributed by atoms with Crippen LogP contribution in [-0.4, -0.2) is 6.71 Å². The summed E-state index contributed by atoms with van der Waals surface area (Å²) in [7, 11) is 0. The summed E-state index contributed by atoms with van der Waals surface area (Å²) in [5.74, 6) is 0. The predicted molar refractivity (Wildman–Crippen MR) is 254 cm³/mol. The molecule has 8 rings (SSSR count). The Hall–Kier alpha value is -5.02. The molecule has 2 heterocycles. The highest BCUT2D eigenvalue weighted by Gasteiger charge is 2.45. The zero-order valence-electron chi connectivity index (χ0n) is 37.6. The van der Waals surface area contributed by atoms with Gasteiger partial charge in [-0.2, -0.15) is 0 Å². The smallest absolute Gasteiger partial charge is 0.252 e. The molecular weight excluding hydrogens is 699 g/mol. The van der Waals surface area contributed by atoms with Crippen molar-refractivity contribution in [1.82, 2.24) is 0 Å². The lowest BCUT2D eigenvalue weighted by atomic mass is 9.33. The van der Waals surface area contributed by atoms with Crippen molar-refractivity contribution in [2.45, 2.75) is 124 Å². The molecule has 0 atom stereocenters. The van der Waals surface area contributed by atoms with Crippen LogP contribution in [0.4, 0.5) is 34.1 Å². The maximum atomic E-state index is 2.61. The number of fused-ring (bicyclic) bond motifs is 4. The van der Waals surface area contributed by atoms with Gasteiger partial charge in [-0.05, 0) is 120 Å². The van der Waals surface area contributed by atoms with Crippen molar-refractivity contribution in [2.24, 2.45) is 0 Å². The number of rotatable bonds is 4. The SMILES string of the molecule is CC(C)(C)c1ccc(N2c3ccc(C(C)(C)C)cc3B3c4ccc(C(C)(C)C)cc4N(c4cccc(C(C)(C)C)c4)c4cc(C(C)(C)c5ccccc5)cc2c43)cc1. The minimum Gasteiger partial charge on any atom is -0.311 e. The maximum absolute atomic E-state index is 2.61. The number of nitrogens with zero attached hydrogens (tertiary/aromatic N) is 2. The van der Waals surface area contributed by atoms with Gasteiger partial charge in [0.05, 0.1) is 0 Å². The fraction of sp³-hybridized carbons (Fsp3) is 0.345. The average molecular weight is 763 g/mol. The van der Waals surface area contributed by atoms with Crippen molar-refractivity contribution < 1.29 is 0 Å². The van der Waals surface area contributed by atoms with E-state index in [1.54, 1.807) is 0 Å². The molecule has 2 aliphatic heterocycles. The number of anilines is 6. The summed E-state index contributed by atoms with van der Waals surface area (Å²) in [4.78, 5) is 5.19. The number of hydrogen-bond donors (Lipinski definition) is 0. The van der Waals surface area contributed by atoms with Crippen LogP contribution in [0.25, 0.3) is 0 Å². The van der Waals surface area contributed by atoms with Gasteiger partial charge in [0.1, 0.15) is 0 Å². The molecule has 0 aromatic heterocycles. The molecule has 0 aliphatic carbocycles. The highest BCUT2D eigenvalue weighted by atomic mass is 15.2. The molecule has 0 bridgehead atoms. The van der Waals surface area contributed by atoms with E-state index in [1.807, 2.05) is 0 Å². The Balaban J connectivity index is 1.53. The zero-order valence-corrected chi connectivity index (χ0v) is 37.6. The van der Waals surface area contributed by atoms with E-state index in [9.17, 15) is 0 Å². The molecule has 3 heteroatoms. The summed E-state index contributed by atoms with van der Waals surface area (Å²) in [5, 5.41) is 0. The Morgan fingerprint density at radius 1 is 0.328 bits per heavy atom. The van der Waals surface area contributed by atoms with E-state index in [0.717, 1.165) is 0 Å². The van der Waals surface area contributed by atoms with Gasteiger partial charge in [0.25, 0.3) is 6.71 Å². The lowest BCUT2D eigenvalue weighted by Crippen LogP contribution is -2.61. The topological polar surface area (TPSA) is 6.48 Å². The van der Waals surface area contributed by atoms with E-state index >= 15 is 0 Å². The van der Waals surface area contributed by atoms with Crippen molar-refractivity contribution in [2.75, 3.05) is 9.80 Å². The molecule has 0 radical (unpaired) electrons. The Kier molecular flexibility index (Phi) is 9.27. The predicted octanol–water partition coefficient (Wildman–Crippen LogP) is 13.3. The van der Waals surface area contributed by atoms with Gasteiger partial charge in [-0.3, -0.25) is 0 Å². The van der Waals surface area contributed by atoms with Crippen LogP contribution in [0.5, 0.6) is 0 Å². The standard InChI is InChI=1S/C55H63BN2/c1-51(2,3)36-23-27-42(28-24-36)57-46-30-26-39(53(7,8)9)32-45(46)56-44-29-25-40(54(10,11)12)33-47(44)58(43-22-18-21-38(31-43)52(4,5)6)49-35-41(34-48(57)50(49)56)55(13,14)37-19-16-15-17-20-37/h15-35H,1-14H3. The van der Waals surface area contributed by atoms with E-state index in [-0.39, 0.29) is 33.8 Å². The van der Waals surface area contributed by atoms with Crippen LogP contribution < -0.4 is 26.2 Å². The zero-order chi connectivity index (χ0) is 41.7. The molecule has 0 saturated heterocycles. The van der Waals surface area contributed by atoms with Gasteiger partial charge < -0.3 is 9.80 Å². The van der Waals surface area contributed by atoms with Crippen molar-refractivity contribution >= 4 is 57.2 Å². The minimum absolute atomic E-state index is 0.000685. The summed E-state index contributed by atoms with van der Waals surface area (Å²) in [5.41, 5.74) is 19.2. The molecule has 296 valence electrons. The number of benzene rings is 6. The van der Waals surface area contributed by atoms with Crippen LogP contribution in [0.15, 0.2) is 127 Å². The van der Waals surface area contributed by atoms with E-state index in [0.29, 0.717) is 0 Å². The second-order valence-corrected chi connectivity index (χ2v) is 21.7. The summed E-state index contributed by atoms with van der Waals surface area (Å²) in [6.07, 6.45) is 0. The van der Waals surface area contributed by atoms with Crippen LogP contribution in [0.1, 0.15) is 130 Å². The van der Waals surface area contributed by atoms with Gasteiger partial charge in [-0.1, -0.05) is 176 Å². The normalized spacial score (nSPS) is 14.3. The fourth-order valence-corrected chi connectivity index (χ4v) is 9.09. The van der Waals surface area contributed by atoms with Gasteiger partial charge in [-0.15, -0.1) is 0 Å². The molecular formula is C55H63BN2. The Morgan fingerprint density at radius 2 is 0.810 bits per heavy atom.